The molecular weight excluding hydrogens is 258 g/mol. The normalized spacial score (nSPS) is 19.5. The number of nitrogens with two attached hydrogens (primary N) is 1. The summed E-state index contributed by atoms with van der Waals surface area (Å²) in [6.07, 6.45) is 4.15. The van der Waals surface area contributed by atoms with Crippen LogP contribution in [0.2, 0.25) is 0 Å². The van der Waals surface area contributed by atoms with E-state index in [1.807, 2.05) is 24.5 Å². The summed E-state index contributed by atoms with van der Waals surface area (Å²) in [4.78, 5) is 3.29. The Labute approximate surface area is 118 Å². The molecule has 1 aliphatic rings. The van der Waals surface area contributed by atoms with Crippen molar-refractivity contribution in [1.82, 2.24) is 0 Å². The third-order valence-electron chi connectivity index (χ3n) is 3.61. The van der Waals surface area contributed by atoms with Gasteiger partial charge in [-0.25, -0.2) is 0 Å². The van der Waals surface area contributed by atoms with E-state index in [-0.39, 0.29) is 12.4 Å². The van der Waals surface area contributed by atoms with Gasteiger partial charge in [0.05, 0.1) is 5.56 Å². The zero-order valence-electron chi connectivity index (χ0n) is 11.2. The summed E-state index contributed by atoms with van der Waals surface area (Å²) in [5, 5.41) is 17.2. The van der Waals surface area contributed by atoms with Crippen LogP contribution in [0.4, 0.5) is 5.69 Å². The lowest BCUT2D eigenvalue weighted by Crippen LogP contribution is -2.38. The minimum Gasteiger partial charge on any atom is -0.396 e. The zero-order valence-corrected chi connectivity index (χ0v) is 12.0. The van der Waals surface area contributed by atoms with E-state index < -0.39 is 0 Å². The highest BCUT2D eigenvalue weighted by atomic mass is 32.2. The molecule has 1 aromatic rings. The molecule has 2 rings (SSSR count). The summed E-state index contributed by atoms with van der Waals surface area (Å²) >= 11 is 1.61. The SMILES string of the molecule is CSc1cccc(N2CCCC(CO)C2)c1C(=N)N. The largest absolute Gasteiger partial charge is 0.396 e. The van der Waals surface area contributed by atoms with Gasteiger partial charge in [0, 0.05) is 30.3 Å². The predicted octanol–water partition coefficient (Wildman–Crippen LogP) is 1.90. The molecule has 4 N–H and O–H groups in total. The molecule has 0 bridgehead atoms. The summed E-state index contributed by atoms with van der Waals surface area (Å²) in [5.74, 6) is 0.442. The Morgan fingerprint density at radius 3 is 3.00 bits per heavy atom. The number of nitrogens with zero attached hydrogens (tertiary/aromatic N) is 1. The molecule has 0 radical (unpaired) electrons. The highest BCUT2D eigenvalue weighted by molar-refractivity contribution is 7.98. The van der Waals surface area contributed by atoms with Crippen LogP contribution in [-0.4, -0.2) is 36.9 Å². The van der Waals surface area contributed by atoms with Crippen molar-refractivity contribution < 1.29 is 5.11 Å². The van der Waals surface area contributed by atoms with Crippen molar-refractivity contribution in [2.45, 2.75) is 17.7 Å². The van der Waals surface area contributed by atoms with Crippen molar-refractivity contribution in [2.24, 2.45) is 11.7 Å². The van der Waals surface area contributed by atoms with Gasteiger partial charge in [-0.2, -0.15) is 0 Å². The first kappa shape index (κ1) is 14.2. The van der Waals surface area contributed by atoms with Crippen LogP contribution in [0.25, 0.3) is 0 Å². The molecule has 0 spiro atoms. The molecule has 0 saturated carbocycles. The van der Waals surface area contributed by atoms with E-state index in [4.69, 9.17) is 11.1 Å². The number of nitrogen functional groups attached to an aromatic ring is 1. The van der Waals surface area contributed by atoms with Crippen LogP contribution in [0.5, 0.6) is 0 Å². The Morgan fingerprint density at radius 1 is 1.58 bits per heavy atom. The van der Waals surface area contributed by atoms with E-state index in [1.54, 1.807) is 11.8 Å². The van der Waals surface area contributed by atoms with E-state index in [1.165, 1.54) is 0 Å². The van der Waals surface area contributed by atoms with Crippen molar-refractivity contribution in [1.29, 1.82) is 5.41 Å². The van der Waals surface area contributed by atoms with Crippen molar-refractivity contribution in [2.75, 3.05) is 30.9 Å². The minimum absolute atomic E-state index is 0.117. The second kappa shape index (κ2) is 6.30. The summed E-state index contributed by atoms with van der Waals surface area (Å²) in [7, 11) is 0. The first-order valence-electron chi connectivity index (χ1n) is 6.54. The van der Waals surface area contributed by atoms with Crippen LogP contribution < -0.4 is 10.6 Å². The topological polar surface area (TPSA) is 73.3 Å². The third-order valence-corrected chi connectivity index (χ3v) is 4.39. The van der Waals surface area contributed by atoms with Gasteiger partial charge in [0.1, 0.15) is 5.84 Å². The molecule has 4 nitrogen and oxygen atoms in total. The molecule has 0 aliphatic carbocycles. The molecule has 5 heteroatoms. The quantitative estimate of drug-likeness (QED) is 0.447. The van der Waals surface area contributed by atoms with E-state index in [2.05, 4.69) is 4.90 Å². The van der Waals surface area contributed by atoms with Gasteiger partial charge >= 0.3 is 0 Å². The highest BCUT2D eigenvalue weighted by Crippen LogP contribution is 2.31. The second-order valence-electron chi connectivity index (χ2n) is 4.90. The van der Waals surface area contributed by atoms with Gasteiger partial charge in [-0.3, -0.25) is 5.41 Å². The van der Waals surface area contributed by atoms with Gasteiger partial charge in [0.15, 0.2) is 0 Å². The number of piperidine rings is 1. The van der Waals surface area contributed by atoms with Gasteiger partial charge in [-0.1, -0.05) is 6.07 Å². The number of thioether (sulfide) groups is 1. The first-order valence-corrected chi connectivity index (χ1v) is 7.77. The smallest absolute Gasteiger partial charge is 0.126 e. The Hall–Kier alpha value is -1.20. The number of hydrogen-bond donors (Lipinski definition) is 3. The third kappa shape index (κ3) is 3.04. The summed E-state index contributed by atoms with van der Waals surface area (Å²) < 4.78 is 0. The molecule has 0 aromatic heterocycles. The number of aliphatic hydroxyl groups is 1. The molecule has 0 amide bonds. The van der Waals surface area contributed by atoms with Gasteiger partial charge < -0.3 is 15.7 Å². The average molecular weight is 279 g/mol. The number of aliphatic hydroxyl groups excluding tert-OH is 1. The molecule has 1 aliphatic heterocycles. The van der Waals surface area contributed by atoms with Gasteiger partial charge in [-0.15, -0.1) is 11.8 Å². The molecule has 1 fully saturated rings. The molecule has 104 valence electrons. The van der Waals surface area contributed by atoms with Crippen LogP contribution in [0, 0.1) is 11.3 Å². The molecule has 1 aromatic carbocycles. The number of hydrogen-bond acceptors (Lipinski definition) is 4. The van der Waals surface area contributed by atoms with E-state index >= 15 is 0 Å². The lowest BCUT2D eigenvalue weighted by Gasteiger charge is -2.35. The average Bonchev–Trinajstić information content (AvgIpc) is 2.46. The van der Waals surface area contributed by atoms with E-state index in [0.29, 0.717) is 5.92 Å². The highest BCUT2D eigenvalue weighted by Gasteiger charge is 2.23. The second-order valence-corrected chi connectivity index (χ2v) is 5.75. The standard InChI is InChI=1S/C14H21N3OS/c1-19-12-6-2-5-11(13(12)14(15)16)17-7-3-4-10(8-17)9-18/h2,5-6,10,18H,3-4,7-9H2,1H3,(H3,15,16). The van der Waals surface area contributed by atoms with Crippen LogP contribution in [-0.2, 0) is 0 Å². The summed E-state index contributed by atoms with van der Waals surface area (Å²) in [5.41, 5.74) is 7.61. The maximum absolute atomic E-state index is 9.34. The Bertz CT molecular complexity index is 464. The maximum atomic E-state index is 9.34. The van der Waals surface area contributed by atoms with Crippen molar-refractivity contribution >= 4 is 23.3 Å². The first-order chi connectivity index (χ1) is 9.17. The van der Waals surface area contributed by atoms with Crippen molar-refractivity contribution in [3.05, 3.63) is 23.8 Å². The lowest BCUT2D eigenvalue weighted by molar-refractivity contribution is 0.208. The molecule has 1 unspecified atom stereocenters. The number of anilines is 1. The number of amidine groups is 1. The fraction of sp³-hybridized carbons (Fsp3) is 0.500. The van der Waals surface area contributed by atoms with Gasteiger partial charge in [0.2, 0.25) is 0 Å². The predicted molar refractivity (Wildman–Crippen MR) is 81.3 cm³/mol. The van der Waals surface area contributed by atoms with Crippen molar-refractivity contribution in [3.8, 4) is 0 Å². The van der Waals surface area contributed by atoms with E-state index in [0.717, 1.165) is 42.1 Å². The summed E-state index contributed by atoms with van der Waals surface area (Å²) in [6.45, 7) is 2.04. The van der Waals surface area contributed by atoms with Gasteiger partial charge in [-0.05, 0) is 37.1 Å². The summed E-state index contributed by atoms with van der Waals surface area (Å²) in [6, 6.07) is 6.03. The van der Waals surface area contributed by atoms with Crippen LogP contribution >= 0.6 is 11.8 Å². The molecule has 1 saturated heterocycles. The van der Waals surface area contributed by atoms with Crippen LogP contribution in [0.15, 0.2) is 23.1 Å². The lowest BCUT2D eigenvalue weighted by atomic mass is 9.97. The monoisotopic (exact) mass is 279 g/mol. The maximum Gasteiger partial charge on any atom is 0.126 e. The molecule has 19 heavy (non-hydrogen) atoms. The number of rotatable bonds is 4. The fourth-order valence-electron chi connectivity index (χ4n) is 2.66. The number of benzene rings is 1. The van der Waals surface area contributed by atoms with Crippen LogP contribution in [0.1, 0.15) is 18.4 Å². The fourth-order valence-corrected chi connectivity index (χ4v) is 3.29. The molecule has 1 heterocycles. The van der Waals surface area contributed by atoms with Crippen molar-refractivity contribution in [3.63, 3.8) is 0 Å². The van der Waals surface area contributed by atoms with E-state index in [9.17, 15) is 5.11 Å². The van der Waals surface area contributed by atoms with Gasteiger partial charge in [0.25, 0.3) is 0 Å². The minimum atomic E-state index is 0.117. The zero-order chi connectivity index (χ0) is 13.8. The molecule has 1 atom stereocenters. The Morgan fingerprint density at radius 2 is 2.37 bits per heavy atom. The molecular formula is C14H21N3OS. The Kier molecular flexibility index (Phi) is 4.71. The number of nitrogens with one attached hydrogen (secondary N) is 1. The Balaban J connectivity index is 2.35. The van der Waals surface area contributed by atoms with Crippen LogP contribution in [0.3, 0.4) is 0 Å².